The standard InChI is InChI=1S/C13H18ClN3O3/c1-20-11-12(14)15-8-17(13(11)19)7-10(18)16-9-5-3-2-4-6-9/h8-9H,2-7H2,1H3,(H,16,18). The highest BCUT2D eigenvalue weighted by atomic mass is 35.5. The van der Waals surface area contributed by atoms with Crippen molar-refractivity contribution in [2.45, 2.75) is 44.7 Å². The van der Waals surface area contributed by atoms with Gasteiger partial charge in [-0.25, -0.2) is 4.98 Å². The fourth-order valence-electron chi connectivity index (χ4n) is 2.41. The van der Waals surface area contributed by atoms with Gasteiger partial charge < -0.3 is 10.1 Å². The maximum Gasteiger partial charge on any atom is 0.297 e. The second kappa shape index (κ2) is 6.74. The number of nitrogens with zero attached hydrogens (tertiary/aromatic N) is 2. The average Bonchev–Trinajstić information content (AvgIpc) is 2.44. The summed E-state index contributed by atoms with van der Waals surface area (Å²) in [5.74, 6) is -0.232. The minimum atomic E-state index is -0.453. The first kappa shape index (κ1) is 14.8. The zero-order chi connectivity index (χ0) is 14.5. The molecule has 0 aliphatic heterocycles. The number of halogens is 1. The average molecular weight is 300 g/mol. The van der Waals surface area contributed by atoms with E-state index in [1.54, 1.807) is 0 Å². The van der Waals surface area contributed by atoms with Crippen LogP contribution in [0.1, 0.15) is 32.1 Å². The summed E-state index contributed by atoms with van der Waals surface area (Å²) in [6, 6.07) is 0.217. The summed E-state index contributed by atoms with van der Waals surface area (Å²) >= 11 is 5.74. The summed E-state index contributed by atoms with van der Waals surface area (Å²) < 4.78 is 6.09. The molecule has 20 heavy (non-hydrogen) atoms. The molecule has 0 saturated heterocycles. The van der Waals surface area contributed by atoms with Gasteiger partial charge in [0.25, 0.3) is 5.56 Å². The third-order valence-electron chi connectivity index (χ3n) is 3.44. The fourth-order valence-corrected chi connectivity index (χ4v) is 2.61. The number of methoxy groups -OCH3 is 1. The van der Waals surface area contributed by atoms with E-state index >= 15 is 0 Å². The zero-order valence-electron chi connectivity index (χ0n) is 11.4. The topological polar surface area (TPSA) is 73.2 Å². The van der Waals surface area contributed by atoms with Gasteiger partial charge in [0.05, 0.1) is 13.4 Å². The molecule has 1 aromatic heterocycles. The highest BCUT2D eigenvalue weighted by Crippen LogP contribution is 2.17. The number of ether oxygens (including phenoxy) is 1. The molecule has 0 radical (unpaired) electrons. The predicted molar refractivity (Wildman–Crippen MR) is 75.1 cm³/mol. The van der Waals surface area contributed by atoms with Crippen molar-refractivity contribution in [1.29, 1.82) is 0 Å². The summed E-state index contributed by atoms with van der Waals surface area (Å²) in [6.07, 6.45) is 6.77. The first-order valence-electron chi connectivity index (χ1n) is 6.70. The molecule has 0 bridgehead atoms. The summed E-state index contributed by atoms with van der Waals surface area (Å²) in [7, 11) is 1.34. The van der Waals surface area contributed by atoms with Gasteiger partial charge in [0.15, 0.2) is 5.15 Å². The van der Waals surface area contributed by atoms with Crippen LogP contribution in [0, 0.1) is 0 Å². The molecule has 1 aromatic rings. The van der Waals surface area contributed by atoms with Crippen molar-refractivity contribution in [3.05, 3.63) is 21.8 Å². The summed E-state index contributed by atoms with van der Waals surface area (Å²) in [5.41, 5.74) is -0.453. The van der Waals surface area contributed by atoms with E-state index in [1.165, 1.54) is 24.4 Å². The van der Waals surface area contributed by atoms with Gasteiger partial charge in [-0.15, -0.1) is 0 Å². The van der Waals surface area contributed by atoms with Crippen LogP contribution in [-0.4, -0.2) is 28.6 Å². The second-order valence-corrected chi connectivity index (χ2v) is 5.26. The Kier molecular flexibility index (Phi) is 5.00. The molecule has 1 fully saturated rings. The molecular formula is C13H18ClN3O3. The van der Waals surface area contributed by atoms with Gasteiger partial charge in [-0.2, -0.15) is 0 Å². The van der Waals surface area contributed by atoms with E-state index in [0.717, 1.165) is 25.7 Å². The predicted octanol–water partition coefficient (Wildman–Crippen LogP) is 1.35. The van der Waals surface area contributed by atoms with Gasteiger partial charge in [-0.05, 0) is 12.8 Å². The molecule has 1 aliphatic rings. The number of aromatic nitrogens is 2. The van der Waals surface area contributed by atoms with E-state index in [1.807, 2.05) is 0 Å². The van der Waals surface area contributed by atoms with Gasteiger partial charge in [0.2, 0.25) is 11.7 Å². The van der Waals surface area contributed by atoms with Crippen LogP contribution < -0.4 is 15.6 Å². The number of carbonyl (C=O) groups is 1. The molecule has 1 N–H and O–H groups in total. The molecule has 110 valence electrons. The van der Waals surface area contributed by atoms with Crippen LogP contribution >= 0.6 is 11.6 Å². The Morgan fingerprint density at radius 1 is 1.50 bits per heavy atom. The van der Waals surface area contributed by atoms with E-state index < -0.39 is 5.56 Å². The second-order valence-electron chi connectivity index (χ2n) is 4.90. The molecule has 0 aromatic carbocycles. The van der Waals surface area contributed by atoms with Crippen LogP contribution in [0.4, 0.5) is 0 Å². The van der Waals surface area contributed by atoms with E-state index in [0.29, 0.717) is 0 Å². The Balaban J connectivity index is 2.02. The SMILES string of the molecule is COc1c(Cl)ncn(CC(=O)NC2CCCCC2)c1=O. The Hall–Kier alpha value is -1.56. The van der Waals surface area contributed by atoms with Crippen molar-refractivity contribution in [3.8, 4) is 5.75 Å². The van der Waals surface area contributed by atoms with E-state index in [-0.39, 0.29) is 29.4 Å². The van der Waals surface area contributed by atoms with Crippen LogP contribution in [0.15, 0.2) is 11.1 Å². The molecule has 2 rings (SSSR count). The molecule has 0 unspecified atom stereocenters. The van der Waals surface area contributed by atoms with Crippen molar-refractivity contribution in [1.82, 2.24) is 14.9 Å². The fraction of sp³-hybridized carbons (Fsp3) is 0.615. The van der Waals surface area contributed by atoms with Crippen molar-refractivity contribution in [3.63, 3.8) is 0 Å². The lowest BCUT2D eigenvalue weighted by Gasteiger charge is -2.22. The van der Waals surface area contributed by atoms with Crippen LogP contribution in [0.2, 0.25) is 5.15 Å². The maximum absolute atomic E-state index is 12.0. The lowest BCUT2D eigenvalue weighted by Crippen LogP contribution is -2.40. The summed E-state index contributed by atoms with van der Waals surface area (Å²) in [6.45, 7) is -0.0735. The zero-order valence-corrected chi connectivity index (χ0v) is 12.2. The Bertz CT molecular complexity index is 538. The first-order chi connectivity index (χ1) is 9.61. The quantitative estimate of drug-likeness (QED) is 0.852. The van der Waals surface area contributed by atoms with Gasteiger partial charge in [0.1, 0.15) is 6.54 Å². The Morgan fingerprint density at radius 2 is 2.20 bits per heavy atom. The third kappa shape index (κ3) is 3.50. The molecule has 6 nitrogen and oxygen atoms in total. The molecule has 1 amide bonds. The van der Waals surface area contributed by atoms with Crippen molar-refractivity contribution in [2.24, 2.45) is 0 Å². The monoisotopic (exact) mass is 299 g/mol. The molecule has 0 spiro atoms. The largest absolute Gasteiger partial charge is 0.489 e. The minimum Gasteiger partial charge on any atom is -0.489 e. The number of hydrogen-bond donors (Lipinski definition) is 1. The molecule has 7 heteroatoms. The first-order valence-corrected chi connectivity index (χ1v) is 7.08. The number of rotatable bonds is 4. The van der Waals surface area contributed by atoms with E-state index in [9.17, 15) is 9.59 Å². The van der Waals surface area contributed by atoms with Gasteiger partial charge >= 0.3 is 0 Å². The third-order valence-corrected chi connectivity index (χ3v) is 3.71. The number of amides is 1. The van der Waals surface area contributed by atoms with E-state index in [4.69, 9.17) is 16.3 Å². The van der Waals surface area contributed by atoms with Crippen LogP contribution in [0.5, 0.6) is 5.75 Å². The van der Waals surface area contributed by atoms with Gasteiger partial charge in [0, 0.05) is 6.04 Å². The Morgan fingerprint density at radius 3 is 2.85 bits per heavy atom. The summed E-state index contributed by atoms with van der Waals surface area (Å²) in [5, 5.41) is 2.95. The van der Waals surface area contributed by atoms with Crippen LogP contribution in [-0.2, 0) is 11.3 Å². The molecular weight excluding hydrogens is 282 g/mol. The minimum absolute atomic E-state index is 0.00133. The normalized spacial score (nSPS) is 15.9. The number of hydrogen-bond acceptors (Lipinski definition) is 4. The maximum atomic E-state index is 12.0. The van der Waals surface area contributed by atoms with Crippen molar-refractivity contribution < 1.29 is 9.53 Å². The van der Waals surface area contributed by atoms with Crippen LogP contribution in [0.3, 0.4) is 0 Å². The number of nitrogens with one attached hydrogen (secondary N) is 1. The van der Waals surface area contributed by atoms with Crippen molar-refractivity contribution >= 4 is 17.5 Å². The molecule has 1 saturated carbocycles. The van der Waals surface area contributed by atoms with Gasteiger partial charge in [-0.3, -0.25) is 14.2 Å². The highest BCUT2D eigenvalue weighted by Gasteiger charge is 2.17. The lowest BCUT2D eigenvalue weighted by atomic mass is 9.95. The van der Waals surface area contributed by atoms with Gasteiger partial charge in [-0.1, -0.05) is 30.9 Å². The molecule has 1 aliphatic carbocycles. The summed E-state index contributed by atoms with van der Waals surface area (Å²) in [4.78, 5) is 27.8. The molecule has 1 heterocycles. The van der Waals surface area contributed by atoms with Crippen molar-refractivity contribution in [2.75, 3.05) is 7.11 Å². The lowest BCUT2D eigenvalue weighted by molar-refractivity contribution is -0.122. The highest BCUT2D eigenvalue weighted by molar-refractivity contribution is 6.30. The van der Waals surface area contributed by atoms with E-state index in [2.05, 4.69) is 10.3 Å². The van der Waals surface area contributed by atoms with Crippen LogP contribution in [0.25, 0.3) is 0 Å². The Labute approximate surface area is 122 Å². The number of carbonyl (C=O) groups excluding carboxylic acids is 1. The molecule has 0 atom stereocenters. The smallest absolute Gasteiger partial charge is 0.297 e.